The van der Waals surface area contributed by atoms with Crippen LogP contribution >= 0.6 is 0 Å². The lowest BCUT2D eigenvalue weighted by Gasteiger charge is -2.27. The third-order valence-electron chi connectivity index (χ3n) is 4.62. The first kappa shape index (κ1) is 15.5. The Morgan fingerprint density at radius 1 is 1.13 bits per heavy atom. The molecule has 3 rings (SSSR count). The maximum Gasteiger partial charge on any atom is 0.255 e. The molecule has 4 heteroatoms. The number of aromatic nitrogens is 1. The molecule has 0 atom stereocenters. The SMILES string of the molecule is CC1CCC(NC(=O)c2cc(-c3ccccc3)cnc2N)CC1. The lowest BCUT2D eigenvalue weighted by atomic mass is 9.87. The minimum Gasteiger partial charge on any atom is -0.383 e. The predicted molar refractivity (Wildman–Crippen MR) is 93.0 cm³/mol. The van der Waals surface area contributed by atoms with Gasteiger partial charge in [-0.3, -0.25) is 4.79 Å². The van der Waals surface area contributed by atoms with E-state index >= 15 is 0 Å². The van der Waals surface area contributed by atoms with Crippen molar-refractivity contribution >= 4 is 11.7 Å². The molecule has 1 amide bonds. The summed E-state index contributed by atoms with van der Waals surface area (Å²) in [6.45, 7) is 2.27. The molecule has 1 fully saturated rings. The summed E-state index contributed by atoms with van der Waals surface area (Å²) in [4.78, 5) is 16.8. The number of hydrogen-bond donors (Lipinski definition) is 2. The molecule has 3 N–H and O–H groups in total. The number of carbonyl (C=O) groups is 1. The molecule has 1 aromatic carbocycles. The molecule has 0 spiro atoms. The van der Waals surface area contributed by atoms with Crippen LogP contribution in [-0.4, -0.2) is 16.9 Å². The van der Waals surface area contributed by atoms with E-state index in [1.807, 2.05) is 36.4 Å². The van der Waals surface area contributed by atoms with Gasteiger partial charge in [-0.25, -0.2) is 4.98 Å². The molecule has 2 aromatic rings. The molecular formula is C19H23N3O. The molecule has 4 nitrogen and oxygen atoms in total. The first-order chi connectivity index (χ1) is 11.1. The summed E-state index contributed by atoms with van der Waals surface area (Å²) in [5.74, 6) is 0.926. The number of nitrogens with two attached hydrogens (primary N) is 1. The van der Waals surface area contributed by atoms with Gasteiger partial charge in [-0.2, -0.15) is 0 Å². The number of anilines is 1. The molecule has 1 aliphatic rings. The van der Waals surface area contributed by atoms with Gasteiger partial charge < -0.3 is 11.1 Å². The fourth-order valence-corrected chi connectivity index (χ4v) is 3.11. The average Bonchev–Trinajstić information content (AvgIpc) is 2.58. The van der Waals surface area contributed by atoms with Gasteiger partial charge in [0.05, 0.1) is 5.56 Å². The third-order valence-corrected chi connectivity index (χ3v) is 4.62. The zero-order valence-corrected chi connectivity index (χ0v) is 13.5. The Morgan fingerprint density at radius 3 is 2.52 bits per heavy atom. The van der Waals surface area contributed by atoms with Gasteiger partial charge in [0.1, 0.15) is 5.82 Å². The summed E-state index contributed by atoms with van der Waals surface area (Å²) in [5.41, 5.74) is 8.32. The van der Waals surface area contributed by atoms with Gasteiger partial charge in [0.15, 0.2) is 0 Å². The summed E-state index contributed by atoms with van der Waals surface area (Å²) in [6, 6.07) is 12.0. The first-order valence-electron chi connectivity index (χ1n) is 8.25. The summed E-state index contributed by atoms with van der Waals surface area (Å²) in [5, 5.41) is 3.12. The molecule has 23 heavy (non-hydrogen) atoms. The van der Waals surface area contributed by atoms with E-state index < -0.39 is 0 Å². The zero-order valence-electron chi connectivity index (χ0n) is 13.5. The monoisotopic (exact) mass is 309 g/mol. The van der Waals surface area contributed by atoms with E-state index in [1.165, 1.54) is 12.8 Å². The van der Waals surface area contributed by atoms with Crippen molar-refractivity contribution < 1.29 is 4.79 Å². The van der Waals surface area contributed by atoms with E-state index in [2.05, 4.69) is 17.2 Å². The normalized spacial score (nSPS) is 20.9. The van der Waals surface area contributed by atoms with Crippen LogP contribution < -0.4 is 11.1 Å². The van der Waals surface area contributed by atoms with Crippen LogP contribution in [-0.2, 0) is 0 Å². The van der Waals surface area contributed by atoms with Gasteiger partial charge in [-0.05, 0) is 43.2 Å². The first-order valence-corrected chi connectivity index (χ1v) is 8.25. The van der Waals surface area contributed by atoms with Gasteiger partial charge in [0.2, 0.25) is 0 Å². The maximum atomic E-state index is 12.6. The smallest absolute Gasteiger partial charge is 0.255 e. The summed E-state index contributed by atoms with van der Waals surface area (Å²) < 4.78 is 0. The summed E-state index contributed by atoms with van der Waals surface area (Å²) in [6.07, 6.45) is 6.13. The van der Waals surface area contributed by atoms with Crippen molar-refractivity contribution in [2.24, 2.45) is 5.92 Å². The summed E-state index contributed by atoms with van der Waals surface area (Å²) in [7, 11) is 0. The molecular weight excluding hydrogens is 286 g/mol. The van der Waals surface area contributed by atoms with Crippen LogP contribution in [0.15, 0.2) is 42.6 Å². The van der Waals surface area contributed by atoms with Crippen LogP contribution in [0.5, 0.6) is 0 Å². The number of pyridine rings is 1. The van der Waals surface area contributed by atoms with Crippen LogP contribution in [0.2, 0.25) is 0 Å². The topological polar surface area (TPSA) is 68.0 Å². The standard InChI is InChI=1S/C19H23N3O/c1-13-7-9-16(10-8-13)22-19(23)17-11-15(12-21-18(17)20)14-5-3-2-4-6-14/h2-6,11-13,16H,7-10H2,1H3,(H2,20,21)(H,22,23). The van der Waals surface area contributed by atoms with Crippen molar-refractivity contribution in [3.05, 3.63) is 48.2 Å². The van der Waals surface area contributed by atoms with Gasteiger partial charge in [-0.15, -0.1) is 0 Å². The minimum atomic E-state index is -0.118. The van der Waals surface area contributed by atoms with Crippen molar-refractivity contribution in [1.29, 1.82) is 0 Å². The summed E-state index contributed by atoms with van der Waals surface area (Å²) >= 11 is 0. The Labute approximate surface area is 137 Å². The van der Waals surface area contributed by atoms with Gasteiger partial charge in [-0.1, -0.05) is 37.3 Å². The number of carbonyl (C=O) groups excluding carboxylic acids is 1. The van der Waals surface area contributed by atoms with Gasteiger partial charge in [0, 0.05) is 17.8 Å². The Balaban J connectivity index is 1.77. The van der Waals surface area contributed by atoms with Crippen LogP contribution in [0.25, 0.3) is 11.1 Å². The van der Waals surface area contributed by atoms with Crippen LogP contribution in [0.3, 0.4) is 0 Å². The lowest BCUT2D eigenvalue weighted by molar-refractivity contribution is 0.0923. The highest BCUT2D eigenvalue weighted by Gasteiger charge is 2.21. The van der Waals surface area contributed by atoms with Gasteiger partial charge >= 0.3 is 0 Å². The highest BCUT2D eigenvalue weighted by molar-refractivity contribution is 5.99. The molecule has 120 valence electrons. The quantitative estimate of drug-likeness (QED) is 0.909. The van der Waals surface area contributed by atoms with Crippen molar-refractivity contribution in [3.8, 4) is 11.1 Å². The van der Waals surface area contributed by atoms with Crippen LogP contribution in [0, 0.1) is 5.92 Å². The molecule has 1 saturated carbocycles. The van der Waals surface area contributed by atoms with E-state index in [1.54, 1.807) is 6.20 Å². The average molecular weight is 309 g/mol. The second-order valence-corrected chi connectivity index (χ2v) is 6.45. The van der Waals surface area contributed by atoms with Crippen molar-refractivity contribution in [1.82, 2.24) is 10.3 Å². The minimum absolute atomic E-state index is 0.118. The molecule has 1 aromatic heterocycles. The highest BCUT2D eigenvalue weighted by atomic mass is 16.1. The van der Waals surface area contributed by atoms with E-state index in [4.69, 9.17) is 5.73 Å². The Hall–Kier alpha value is -2.36. The number of nitrogen functional groups attached to an aromatic ring is 1. The van der Waals surface area contributed by atoms with E-state index in [-0.39, 0.29) is 17.8 Å². The third kappa shape index (κ3) is 3.70. The second kappa shape index (κ2) is 6.82. The molecule has 1 aliphatic carbocycles. The Kier molecular flexibility index (Phi) is 4.60. The largest absolute Gasteiger partial charge is 0.383 e. The Bertz CT molecular complexity index is 676. The second-order valence-electron chi connectivity index (χ2n) is 6.45. The number of rotatable bonds is 3. The van der Waals surface area contributed by atoms with E-state index in [0.29, 0.717) is 5.56 Å². The zero-order chi connectivity index (χ0) is 16.2. The molecule has 0 aliphatic heterocycles. The molecule has 0 saturated heterocycles. The predicted octanol–water partition coefficient (Wildman–Crippen LogP) is 3.64. The maximum absolute atomic E-state index is 12.6. The van der Waals surface area contributed by atoms with Crippen LogP contribution in [0.4, 0.5) is 5.82 Å². The fourth-order valence-electron chi connectivity index (χ4n) is 3.11. The van der Waals surface area contributed by atoms with Crippen molar-refractivity contribution in [3.63, 3.8) is 0 Å². The Morgan fingerprint density at radius 2 is 1.83 bits per heavy atom. The van der Waals surface area contributed by atoms with Crippen molar-refractivity contribution in [2.45, 2.75) is 38.6 Å². The van der Waals surface area contributed by atoms with Crippen LogP contribution in [0.1, 0.15) is 43.0 Å². The van der Waals surface area contributed by atoms with E-state index in [9.17, 15) is 4.79 Å². The molecule has 0 bridgehead atoms. The number of benzene rings is 1. The number of nitrogens with zero attached hydrogens (tertiary/aromatic N) is 1. The molecule has 0 radical (unpaired) electrons. The number of hydrogen-bond acceptors (Lipinski definition) is 3. The van der Waals surface area contributed by atoms with Crippen molar-refractivity contribution in [2.75, 3.05) is 5.73 Å². The van der Waals surface area contributed by atoms with Gasteiger partial charge in [0.25, 0.3) is 5.91 Å². The molecule has 0 unspecified atom stereocenters. The number of nitrogens with one attached hydrogen (secondary N) is 1. The number of amides is 1. The molecule has 1 heterocycles. The lowest BCUT2D eigenvalue weighted by Crippen LogP contribution is -2.37. The van der Waals surface area contributed by atoms with E-state index in [0.717, 1.165) is 29.9 Å². The highest BCUT2D eigenvalue weighted by Crippen LogP contribution is 2.25. The fraction of sp³-hybridized carbons (Fsp3) is 0.368.